The molecule has 0 bridgehead atoms. The summed E-state index contributed by atoms with van der Waals surface area (Å²) in [4.78, 5) is 2.57. The molecule has 2 aliphatic heterocycles. The van der Waals surface area contributed by atoms with Gasteiger partial charge in [-0.25, -0.2) is 0 Å². The molecule has 1 unspecified atom stereocenters. The number of phenols is 1. The number of rotatable bonds is 1. The zero-order valence-corrected chi connectivity index (χ0v) is 13.9. The quantitative estimate of drug-likeness (QED) is 0.844. The fourth-order valence-electron chi connectivity index (χ4n) is 3.19. The Morgan fingerprint density at radius 2 is 1.90 bits per heavy atom. The van der Waals surface area contributed by atoms with Crippen molar-refractivity contribution in [2.75, 3.05) is 20.2 Å². The van der Waals surface area contributed by atoms with Crippen LogP contribution in [0.1, 0.15) is 57.2 Å². The van der Waals surface area contributed by atoms with Gasteiger partial charge in [0.1, 0.15) is 0 Å². The Kier molecular flexibility index (Phi) is 5.51. The number of ether oxygens (including phenoxy) is 1. The Morgan fingerprint density at radius 3 is 2.57 bits per heavy atom. The van der Waals surface area contributed by atoms with Crippen LogP contribution in [-0.2, 0) is 6.42 Å². The average molecular weight is 291 g/mol. The van der Waals surface area contributed by atoms with Gasteiger partial charge in [0.05, 0.1) is 7.11 Å². The maximum Gasteiger partial charge on any atom is 0.160 e. The van der Waals surface area contributed by atoms with E-state index >= 15 is 0 Å². The predicted molar refractivity (Wildman–Crippen MR) is 87.0 cm³/mol. The monoisotopic (exact) mass is 291 g/mol. The molecule has 1 atom stereocenters. The van der Waals surface area contributed by atoms with Crippen LogP contribution in [-0.4, -0.2) is 30.2 Å². The average Bonchev–Trinajstić information content (AvgIpc) is 2.45. The van der Waals surface area contributed by atoms with E-state index in [9.17, 15) is 5.11 Å². The highest BCUT2D eigenvalue weighted by atomic mass is 16.5. The smallest absolute Gasteiger partial charge is 0.160 e. The summed E-state index contributed by atoms with van der Waals surface area (Å²) < 4.78 is 5.22. The van der Waals surface area contributed by atoms with Crippen LogP contribution in [0.2, 0.25) is 0 Å². The molecule has 1 N–H and O–H groups in total. The lowest BCUT2D eigenvalue weighted by atomic mass is 9.86. The summed E-state index contributed by atoms with van der Waals surface area (Å²) in [6.45, 7) is 8.84. The first kappa shape index (κ1) is 16.2. The molecule has 0 radical (unpaired) electrons. The highest BCUT2D eigenvalue weighted by Crippen LogP contribution is 2.41. The Balaban J connectivity index is 0.000000361. The summed E-state index contributed by atoms with van der Waals surface area (Å²) in [6.07, 6.45) is 4.91. The Morgan fingerprint density at radius 1 is 1.19 bits per heavy atom. The number of hydrogen-bond acceptors (Lipinski definition) is 3. The number of aromatic hydroxyl groups is 1. The van der Waals surface area contributed by atoms with E-state index in [4.69, 9.17) is 4.74 Å². The van der Waals surface area contributed by atoms with Crippen molar-refractivity contribution in [3.63, 3.8) is 0 Å². The summed E-state index contributed by atoms with van der Waals surface area (Å²) in [5, 5.41) is 9.82. The van der Waals surface area contributed by atoms with Crippen LogP contribution in [0.4, 0.5) is 0 Å². The van der Waals surface area contributed by atoms with Crippen molar-refractivity contribution in [3.8, 4) is 11.5 Å². The molecule has 3 nitrogen and oxygen atoms in total. The molecule has 21 heavy (non-hydrogen) atoms. The van der Waals surface area contributed by atoms with Crippen molar-refractivity contribution in [3.05, 3.63) is 23.3 Å². The number of nitrogens with zero attached hydrogens (tertiary/aromatic N) is 1. The van der Waals surface area contributed by atoms with Crippen LogP contribution in [0, 0.1) is 5.92 Å². The highest BCUT2D eigenvalue weighted by Gasteiger charge is 2.30. The molecule has 1 aromatic carbocycles. The highest BCUT2D eigenvalue weighted by molar-refractivity contribution is 5.48. The maximum absolute atomic E-state index is 9.82. The number of hydrogen-bond donors (Lipinski definition) is 1. The molecule has 0 aliphatic carbocycles. The SMILES string of the molecule is CC(C)C.COc1cc2c(cc1O)CCN1CCCCC21. The molecular weight excluding hydrogens is 262 g/mol. The molecular formula is C18H29NO2. The first-order chi connectivity index (χ1) is 10.0. The molecule has 0 aromatic heterocycles. The zero-order valence-electron chi connectivity index (χ0n) is 13.9. The van der Waals surface area contributed by atoms with Crippen molar-refractivity contribution < 1.29 is 9.84 Å². The summed E-state index contributed by atoms with van der Waals surface area (Å²) in [5.41, 5.74) is 2.66. The normalized spacial score (nSPS) is 21.1. The summed E-state index contributed by atoms with van der Waals surface area (Å²) in [5.74, 6) is 1.71. The van der Waals surface area contributed by atoms with Crippen molar-refractivity contribution in [1.29, 1.82) is 0 Å². The third-order valence-corrected chi connectivity index (χ3v) is 4.08. The Labute approximate surface area is 128 Å². The second-order valence-electron chi connectivity index (χ2n) is 6.75. The van der Waals surface area contributed by atoms with E-state index in [-0.39, 0.29) is 5.75 Å². The van der Waals surface area contributed by atoms with E-state index in [1.54, 1.807) is 7.11 Å². The number of benzene rings is 1. The van der Waals surface area contributed by atoms with Gasteiger partial charge in [0, 0.05) is 12.6 Å². The summed E-state index contributed by atoms with van der Waals surface area (Å²) >= 11 is 0. The van der Waals surface area contributed by atoms with Gasteiger partial charge in [-0.2, -0.15) is 0 Å². The Hall–Kier alpha value is -1.22. The second kappa shape index (κ2) is 7.17. The minimum atomic E-state index is 0.274. The van der Waals surface area contributed by atoms with Crippen LogP contribution >= 0.6 is 0 Å². The lowest BCUT2D eigenvalue weighted by Gasteiger charge is -2.40. The lowest BCUT2D eigenvalue weighted by molar-refractivity contribution is 0.138. The minimum Gasteiger partial charge on any atom is -0.504 e. The molecule has 1 saturated heterocycles. The van der Waals surface area contributed by atoms with Gasteiger partial charge in [-0.05, 0) is 55.0 Å². The minimum absolute atomic E-state index is 0.274. The predicted octanol–water partition coefficient (Wildman–Crippen LogP) is 4.15. The molecule has 2 aliphatic rings. The lowest BCUT2D eigenvalue weighted by Crippen LogP contribution is -2.38. The standard InChI is InChI=1S/C14H19NO2.C4H10/c1-17-14-9-11-10(8-13(14)16)5-7-15-6-3-2-4-12(11)15;1-4(2)3/h8-9,12,16H,2-7H2,1H3;4H,1-3H3. The molecule has 3 rings (SSSR count). The van der Waals surface area contributed by atoms with Crippen LogP contribution in [0.15, 0.2) is 12.1 Å². The van der Waals surface area contributed by atoms with Gasteiger partial charge in [-0.15, -0.1) is 0 Å². The van der Waals surface area contributed by atoms with E-state index in [1.165, 1.54) is 36.9 Å². The van der Waals surface area contributed by atoms with E-state index < -0.39 is 0 Å². The van der Waals surface area contributed by atoms with Crippen molar-refractivity contribution in [2.24, 2.45) is 5.92 Å². The van der Waals surface area contributed by atoms with Gasteiger partial charge in [-0.3, -0.25) is 4.90 Å². The van der Waals surface area contributed by atoms with Crippen molar-refractivity contribution in [2.45, 2.75) is 52.5 Å². The van der Waals surface area contributed by atoms with Crippen molar-refractivity contribution >= 4 is 0 Å². The molecule has 1 aromatic rings. The molecule has 0 saturated carbocycles. The number of methoxy groups -OCH3 is 1. The molecule has 2 heterocycles. The van der Waals surface area contributed by atoms with E-state index in [2.05, 4.69) is 25.7 Å². The summed E-state index contributed by atoms with van der Waals surface area (Å²) in [7, 11) is 1.61. The largest absolute Gasteiger partial charge is 0.504 e. The Bertz CT molecular complexity index is 468. The van der Waals surface area contributed by atoms with Gasteiger partial charge >= 0.3 is 0 Å². The molecule has 0 spiro atoms. The van der Waals surface area contributed by atoms with Gasteiger partial charge in [0.2, 0.25) is 0 Å². The third kappa shape index (κ3) is 3.91. The maximum atomic E-state index is 9.82. The zero-order chi connectivity index (χ0) is 15.4. The van der Waals surface area contributed by atoms with Crippen LogP contribution in [0.3, 0.4) is 0 Å². The summed E-state index contributed by atoms with van der Waals surface area (Å²) in [6, 6.07) is 4.47. The van der Waals surface area contributed by atoms with Gasteiger partial charge in [0.25, 0.3) is 0 Å². The molecule has 0 amide bonds. The van der Waals surface area contributed by atoms with Gasteiger partial charge in [0.15, 0.2) is 11.5 Å². The van der Waals surface area contributed by atoms with E-state index in [0.717, 1.165) is 18.9 Å². The number of fused-ring (bicyclic) bond motifs is 3. The van der Waals surface area contributed by atoms with E-state index in [0.29, 0.717) is 11.8 Å². The molecule has 118 valence electrons. The fourth-order valence-corrected chi connectivity index (χ4v) is 3.19. The second-order valence-corrected chi connectivity index (χ2v) is 6.75. The van der Waals surface area contributed by atoms with Gasteiger partial charge < -0.3 is 9.84 Å². The topological polar surface area (TPSA) is 32.7 Å². The fraction of sp³-hybridized carbons (Fsp3) is 0.667. The first-order valence-electron chi connectivity index (χ1n) is 8.16. The van der Waals surface area contributed by atoms with E-state index in [1.807, 2.05) is 12.1 Å². The number of phenolic OH excluding ortho intramolecular Hbond substituents is 1. The third-order valence-electron chi connectivity index (χ3n) is 4.08. The van der Waals surface area contributed by atoms with Crippen molar-refractivity contribution in [1.82, 2.24) is 4.90 Å². The van der Waals surface area contributed by atoms with Gasteiger partial charge in [-0.1, -0.05) is 27.2 Å². The first-order valence-corrected chi connectivity index (χ1v) is 8.16. The van der Waals surface area contributed by atoms with Crippen LogP contribution < -0.4 is 4.74 Å². The van der Waals surface area contributed by atoms with Crippen LogP contribution in [0.5, 0.6) is 11.5 Å². The molecule has 1 fully saturated rings. The molecule has 3 heteroatoms. The van der Waals surface area contributed by atoms with Crippen LogP contribution in [0.25, 0.3) is 0 Å². The number of piperidine rings is 1.